The molecule has 0 aliphatic rings. The Hall–Kier alpha value is -5.42. The molecule has 8 rings (SSSR count). The Kier molecular flexibility index (Phi) is 5.52. The smallest absolute Gasteiger partial charge is 0.526 e. The van der Waals surface area contributed by atoms with E-state index in [0.717, 1.165) is 66.1 Å². The Morgan fingerprint density at radius 1 is 0.390 bits per heavy atom. The van der Waals surface area contributed by atoms with Gasteiger partial charge in [-0.1, -0.05) is 97.1 Å². The van der Waals surface area contributed by atoms with Crippen LogP contribution in [0, 0.1) is 0 Å². The fourth-order valence-electron chi connectivity index (χ4n) is 5.51. The highest BCUT2D eigenvalue weighted by Gasteiger charge is 2.13. The number of furan rings is 2. The molecule has 0 bridgehead atoms. The van der Waals surface area contributed by atoms with Crippen molar-refractivity contribution >= 4 is 51.6 Å². The second-order valence-electron chi connectivity index (χ2n) is 9.94. The number of para-hydroxylation sites is 4. The Labute approximate surface area is 236 Å². The zero-order valence-electron chi connectivity index (χ0n) is 21.9. The average Bonchev–Trinajstić information content (AvgIpc) is 3.60. The summed E-state index contributed by atoms with van der Waals surface area (Å²) in [6.45, 7) is 0. The Bertz CT molecular complexity index is 2020. The van der Waals surface area contributed by atoms with Crippen molar-refractivity contribution in [3.63, 3.8) is 0 Å². The summed E-state index contributed by atoms with van der Waals surface area (Å²) in [5, 5.41) is 4.47. The Morgan fingerprint density at radius 3 is 1.27 bits per heavy atom. The zero-order chi connectivity index (χ0) is 27.2. The number of hydrogen-bond donors (Lipinski definition) is 0. The van der Waals surface area contributed by atoms with E-state index in [1.54, 1.807) is 0 Å². The summed E-state index contributed by atoms with van der Waals surface area (Å²) < 4.78 is 23.9. The normalized spacial score (nSPS) is 11.4. The molecule has 4 nitrogen and oxygen atoms in total. The van der Waals surface area contributed by atoms with Crippen LogP contribution in [0.15, 0.2) is 142 Å². The predicted molar refractivity (Wildman–Crippen MR) is 165 cm³/mol. The topological polar surface area (TPSA) is 44.7 Å². The van der Waals surface area contributed by atoms with Gasteiger partial charge in [-0.25, -0.2) is 0 Å². The lowest BCUT2D eigenvalue weighted by atomic mass is 10.0. The summed E-state index contributed by atoms with van der Waals surface area (Å²) in [4.78, 5) is 0. The second-order valence-corrected chi connectivity index (χ2v) is 9.94. The fraction of sp³-hybridized carbons (Fsp3) is 0. The van der Waals surface area contributed by atoms with E-state index in [1.165, 1.54) is 7.69 Å². The first kappa shape index (κ1) is 23.5. The van der Waals surface area contributed by atoms with E-state index in [-0.39, 0.29) is 0 Å². The summed E-state index contributed by atoms with van der Waals surface area (Å²) >= 11 is 0. The van der Waals surface area contributed by atoms with E-state index in [2.05, 4.69) is 48.5 Å². The van der Waals surface area contributed by atoms with E-state index in [1.807, 2.05) is 84.9 Å². The number of hydrogen-bond acceptors (Lipinski definition) is 4. The third-order valence-corrected chi connectivity index (χ3v) is 7.51. The van der Waals surface area contributed by atoms with Crippen LogP contribution >= 0.6 is 0 Å². The van der Waals surface area contributed by atoms with Gasteiger partial charge in [0.2, 0.25) is 0 Å². The first-order valence-corrected chi connectivity index (χ1v) is 13.5. The third-order valence-electron chi connectivity index (χ3n) is 7.51. The van der Waals surface area contributed by atoms with E-state index < -0.39 is 0 Å². The van der Waals surface area contributed by atoms with Crippen molar-refractivity contribution in [2.75, 3.05) is 0 Å². The van der Waals surface area contributed by atoms with Crippen LogP contribution in [0.4, 0.5) is 0 Å². The van der Waals surface area contributed by atoms with E-state index in [9.17, 15) is 0 Å². The van der Waals surface area contributed by atoms with Gasteiger partial charge in [0, 0.05) is 32.7 Å². The minimum atomic E-state index is 0.679. The van der Waals surface area contributed by atoms with Gasteiger partial charge >= 0.3 is 7.69 Å². The van der Waals surface area contributed by atoms with Crippen molar-refractivity contribution in [3.8, 4) is 33.8 Å². The largest absolute Gasteiger partial charge is 0.658 e. The molecule has 0 aliphatic heterocycles. The molecule has 8 aromatic rings. The molecule has 2 heterocycles. The van der Waals surface area contributed by atoms with Gasteiger partial charge < -0.3 is 18.1 Å². The molecular weight excluding hydrogens is 507 g/mol. The maximum Gasteiger partial charge on any atom is 0.658 e. The first-order chi connectivity index (χ1) is 20.3. The van der Waals surface area contributed by atoms with Crippen LogP contribution in [0.5, 0.6) is 11.5 Å². The molecule has 6 aromatic carbocycles. The monoisotopic (exact) mass is 529 g/mol. The van der Waals surface area contributed by atoms with Gasteiger partial charge in [0.25, 0.3) is 0 Å². The SMILES string of the molecule is [B](Oc1ccc(-c2cccc3c2oc2ccccc23)cc1)Oc1ccc(-c2cccc3c2oc2ccccc23)cc1. The number of rotatable bonds is 6. The molecule has 0 aliphatic carbocycles. The van der Waals surface area contributed by atoms with Gasteiger partial charge in [-0.05, 0) is 47.5 Å². The highest BCUT2D eigenvalue weighted by molar-refractivity contribution is 6.20. The molecule has 0 fully saturated rings. The molecule has 0 amide bonds. The van der Waals surface area contributed by atoms with Gasteiger partial charge in [0.15, 0.2) is 0 Å². The molecule has 5 heteroatoms. The highest BCUT2D eigenvalue weighted by Crippen LogP contribution is 2.37. The molecule has 0 unspecified atom stereocenters. The third kappa shape index (κ3) is 4.10. The lowest BCUT2D eigenvalue weighted by Gasteiger charge is -2.09. The van der Waals surface area contributed by atoms with Gasteiger partial charge in [-0.2, -0.15) is 0 Å². The lowest BCUT2D eigenvalue weighted by Crippen LogP contribution is -2.10. The Balaban J connectivity index is 0.962. The molecule has 1 radical (unpaired) electrons. The van der Waals surface area contributed by atoms with Crippen LogP contribution in [-0.2, 0) is 0 Å². The molecule has 193 valence electrons. The fourth-order valence-corrected chi connectivity index (χ4v) is 5.51. The van der Waals surface area contributed by atoms with Crippen molar-refractivity contribution < 1.29 is 18.1 Å². The number of fused-ring (bicyclic) bond motifs is 6. The van der Waals surface area contributed by atoms with E-state index in [4.69, 9.17) is 18.1 Å². The van der Waals surface area contributed by atoms with Crippen LogP contribution in [0.1, 0.15) is 0 Å². The van der Waals surface area contributed by atoms with Gasteiger partial charge in [-0.3, -0.25) is 0 Å². The molecule has 0 atom stereocenters. The summed E-state index contributed by atoms with van der Waals surface area (Å²) in [6.07, 6.45) is 0. The Morgan fingerprint density at radius 2 is 0.805 bits per heavy atom. The molecular formula is C36H22BO4. The summed E-state index contributed by atoms with van der Waals surface area (Å²) in [6, 6.07) is 44.5. The van der Waals surface area contributed by atoms with Crippen molar-refractivity contribution in [2.45, 2.75) is 0 Å². The standard InChI is InChI=1S/C36H22BO4/c1-3-13-33-29(7-1)31-11-5-9-27(35(31)38-33)23-15-19-25(20-16-23)40-37-41-26-21-17-24(18-22-26)28-10-6-12-32-30-8-2-4-14-34(30)39-36(28)32/h1-22H. The second kappa shape index (κ2) is 9.65. The molecule has 0 saturated heterocycles. The van der Waals surface area contributed by atoms with E-state index in [0.29, 0.717) is 11.5 Å². The van der Waals surface area contributed by atoms with Crippen LogP contribution < -0.4 is 9.31 Å². The van der Waals surface area contributed by atoms with Crippen LogP contribution in [0.25, 0.3) is 66.1 Å². The minimum Gasteiger partial charge on any atom is -0.526 e. The van der Waals surface area contributed by atoms with Crippen LogP contribution in [-0.4, -0.2) is 7.69 Å². The lowest BCUT2D eigenvalue weighted by molar-refractivity contribution is 0.459. The molecule has 0 N–H and O–H groups in total. The molecule has 0 saturated carbocycles. The van der Waals surface area contributed by atoms with Gasteiger partial charge in [-0.15, -0.1) is 0 Å². The van der Waals surface area contributed by atoms with Crippen molar-refractivity contribution in [1.82, 2.24) is 0 Å². The maximum absolute atomic E-state index is 6.19. The molecule has 41 heavy (non-hydrogen) atoms. The van der Waals surface area contributed by atoms with E-state index >= 15 is 0 Å². The van der Waals surface area contributed by atoms with Crippen molar-refractivity contribution in [1.29, 1.82) is 0 Å². The van der Waals surface area contributed by atoms with Crippen LogP contribution in [0.3, 0.4) is 0 Å². The van der Waals surface area contributed by atoms with Gasteiger partial charge in [0.05, 0.1) is 0 Å². The first-order valence-electron chi connectivity index (χ1n) is 13.5. The number of benzene rings is 6. The quantitative estimate of drug-likeness (QED) is 0.201. The predicted octanol–water partition coefficient (Wildman–Crippen LogP) is 9.81. The van der Waals surface area contributed by atoms with Crippen molar-refractivity contribution in [3.05, 3.63) is 133 Å². The highest BCUT2D eigenvalue weighted by atomic mass is 16.6. The molecule has 2 aromatic heterocycles. The van der Waals surface area contributed by atoms with Gasteiger partial charge in [0.1, 0.15) is 33.8 Å². The minimum absolute atomic E-state index is 0.679. The summed E-state index contributed by atoms with van der Waals surface area (Å²) in [7, 11) is 1.35. The maximum atomic E-state index is 6.19. The molecule has 0 spiro atoms. The summed E-state index contributed by atoms with van der Waals surface area (Å²) in [5.41, 5.74) is 7.75. The summed E-state index contributed by atoms with van der Waals surface area (Å²) in [5.74, 6) is 1.36. The average molecular weight is 529 g/mol. The van der Waals surface area contributed by atoms with Crippen molar-refractivity contribution in [2.24, 2.45) is 0 Å². The zero-order valence-corrected chi connectivity index (χ0v) is 21.9. The van der Waals surface area contributed by atoms with Crippen LogP contribution in [0.2, 0.25) is 0 Å².